The maximum Gasteiger partial charge on any atom is 0.422 e. The molecule has 0 aliphatic carbocycles. The van der Waals surface area contributed by atoms with Gasteiger partial charge in [0.15, 0.2) is 12.6 Å². The summed E-state index contributed by atoms with van der Waals surface area (Å²) in [6, 6.07) is 6.54. The van der Waals surface area contributed by atoms with Crippen molar-refractivity contribution in [2.75, 3.05) is 13.7 Å². The lowest BCUT2D eigenvalue weighted by Gasteiger charge is -2.15. The van der Waals surface area contributed by atoms with Crippen LogP contribution in [0.2, 0.25) is 0 Å². The van der Waals surface area contributed by atoms with E-state index in [-0.39, 0.29) is 36.3 Å². The molecule has 0 spiro atoms. The zero-order valence-electron chi connectivity index (χ0n) is 14.2. The summed E-state index contributed by atoms with van der Waals surface area (Å²) in [5, 5.41) is 10.0. The lowest BCUT2D eigenvalue weighted by atomic mass is 10.2. The highest BCUT2D eigenvalue weighted by Crippen LogP contribution is 2.22. The Morgan fingerprint density at radius 1 is 1.23 bits per heavy atom. The summed E-state index contributed by atoms with van der Waals surface area (Å²) in [5.74, 6) is 1.38. The molecule has 7 nitrogen and oxygen atoms in total. The van der Waals surface area contributed by atoms with Crippen LogP contribution in [0.15, 0.2) is 35.6 Å². The number of aromatic nitrogens is 3. The van der Waals surface area contributed by atoms with Crippen molar-refractivity contribution in [1.29, 1.82) is 0 Å². The summed E-state index contributed by atoms with van der Waals surface area (Å²) < 4.78 is 43.5. The summed E-state index contributed by atoms with van der Waals surface area (Å²) in [6.07, 6.45) is -2.93. The van der Waals surface area contributed by atoms with Gasteiger partial charge in [0.25, 0.3) is 0 Å². The van der Waals surface area contributed by atoms with Gasteiger partial charge >= 0.3 is 6.18 Å². The normalized spacial score (nSPS) is 11.7. The average molecular weight is 484 g/mol. The lowest BCUT2D eigenvalue weighted by molar-refractivity contribution is -0.153. The largest absolute Gasteiger partial charge is 0.484 e. The molecule has 11 heteroatoms. The summed E-state index contributed by atoms with van der Waals surface area (Å²) in [6.45, 7) is -0.669. The second kappa shape index (κ2) is 10.2. The quantitative estimate of drug-likeness (QED) is 0.374. The van der Waals surface area contributed by atoms with Gasteiger partial charge in [0.1, 0.15) is 17.9 Å². The molecule has 0 bridgehead atoms. The van der Waals surface area contributed by atoms with E-state index in [2.05, 4.69) is 25.7 Å². The molecule has 1 aromatic carbocycles. The van der Waals surface area contributed by atoms with Gasteiger partial charge in [-0.25, -0.2) is 4.98 Å². The van der Waals surface area contributed by atoms with Crippen molar-refractivity contribution in [2.45, 2.75) is 19.3 Å². The molecular weight excluding hydrogens is 464 g/mol. The van der Waals surface area contributed by atoms with Crippen molar-refractivity contribution in [3.05, 3.63) is 42.0 Å². The first-order valence-corrected chi connectivity index (χ1v) is 7.44. The van der Waals surface area contributed by atoms with Crippen molar-refractivity contribution < 1.29 is 17.9 Å². The van der Waals surface area contributed by atoms with Gasteiger partial charge < -0.3 is 15.4 Å². The number of ether oxygens (including phenoxy) is 1. The van der Waals surface area contributed by atoms with Gasteiger partial charge in [0.05, 0.1) is 6.54 Å². The number of benzene rings is 1. The number of guanidine groups is 1. The third kappa shape index (κ3) is 7.06. The van der Waals surface area contributed by atoms with Gasteiger partial charge in [-0.15, -0.1) is 24.0 Å². The number of aliphatic imine (C=N–C) groups is 1. The van der Waals surface area contributed by atoms with Crippen molar-refractivity contribution in [1.82, 2.24) is 25.4 Å². The Morgan fingerprint density at radius 3 is 2.54 bits per heavy atom. The topological polar surface area (TPSA) is 76.4 Å². The molecule has 0 saturated heterocycles. The molecule has 144 valence electrons. The van der Waals surface area contributed by atoms with E-state index >= 15 is 0 Å². The van der Waals surface area contributed by atoms with Crippen LogP contribution in [-0.2, 0) is 20.1 Å². The number of halogens is 4. The molecule has 0 atom stereocenters. The second-order valence-corrected chi connectivity index (χ2v) is 5.09. The zero-order valence-corrected chi connectivity index (χ0v) is 16.6. The molecule has 0 aliphatic heterocycles. The number of rotatable bonds is 6. The number of nitrogens with one attached hydrogen (secondary N) is 2. The summed E-state index contributed by atoms with van der Waals surface area (Å²) >= 11 is 0. The molecule has 0 aliphatic rings. The Balaban J connectivity index is 0.00000338. The molecule has 2 aromatic rings. The van der Waals surface area contributed by atoms with Crippen molar-refractivity contribution in [2.24, 2.45) is 12.0 Å². The lowest BCUT2D eigenvalue weighted by Crippen LogP contribution is -2.37. The van der Waals surface area contributed by atoms with Crippen LogP contribution in [0.4, 0.5) is 13.2 Å². The highest BCUT2D eigenvalue weighted by Gasteiger charge is 2.28. The average Bonchev–Trinajstić information content (AvgIpc) is 2.98. The van der Waals surface area contributed by atoms with Crippen LogP contribution < -0.4 is 15.4 Å². The predicted octanol–water partition coefficient (Wildman–Crippen LogP) is 2.24. The maximum atomic E-state index is 12.3. The van der Waals surface area contributed by atoms with Crippen molar-refractivity contribution in [3.8, 4) is 5.75 Å². The first kappa shape index (κ1) is 22.0. The molecule has 26 heavy (non-hydrogen) atoms. The second-order valence-electron chi connectivity index (χ2n) is 5.09. The molecule has 0 unspecified atom stereocenters. The molecule has 0 fully saturated rings. The van der Waals surface area contributed by atoms with E-state index in [0.29, 0.717) is 18.1 Å². The van der Waals surface area contributed by atoms with E-state index in [1.807, 2.05) is 0 Å². The fourth-order valence-electron chi connectivity index (χ4n) is 1.99. The first-order chi connectivity index (χ1) is 11.9. The highest BCUT2D eigenvalue weighted by molar-refractivity contribution is 14.0. The predicted molar refractivity (Wildman–Crippen MR) is 101 cm³/mol. The monoisotopic (exact) mass is 484 g/mol. The number of nitrogens with zero attached hydrogens (tertiary/aromatic N) is 4. The van der Waals surface area contributed by atoms with Gasteiger partial charge in [-0.1, -0.05) is 18.2 Å². The summed E-state index contributed by atoms with van der Waals surface area (Å²) in [5.41, 5.74) is 0.591. The van der Waals surface area contributed by atoms with E-state index in [9.17, 15) is 13.2 Å². The molecular formula is C15H20F3IN6O. The highest BCUT2D eigenvalue weighted by atomic mass is 127. The molecule has 0 saturated carbocycles. The fourth-order valence-corrected chi connectivity index (χ4v) is 1.99. The van der Waals surface area contributed by atoms with E-state index in [0.717, 1.165) is 5.82 Å². The van der Waals surface area contributed by atoms with Gasteiger partial charge in [0.2, 0.25) is 0 Å². The van der Waals surface area contributed by atoms with Gasteiger partial charge in [0, 0.05) is 26.2 Å². The van der Waals surface area contributed by atoms with Crippen LogP contribution in [0, 0.1) is 0 Å². The van der Waals surface area contributed by atoms with Crippen LogP contribution in [0.25, 0.3) is 0 Å². The third-order valence-corrected chi connectivity index (χ3v) is 3.25. The van der Waals surface area contributed by atoms with Crippen LogP contribution in [0.3, 0.4) is 0 Å². The number of hydrogen-bond donors (Lipinski definition) is 2. The Bertz CT molecular complexity index is 719. The van der Waals surface area contributed by atoms with Crippen LogP contribution in [0.5, 0.6) is 5.75 Å². The molecule has 2 N–H and O–H groups in total. The molecule has 1 aromatic heterocycles. The van der Waals surface area contributed by atoms with Crippen LogP contribution >= 0.6 is 24.0 Å². The smallest absolute Gasteiger partial charge is 0.422 e. The van der Waals surface area contributed by atoms with E-state index in [1.54, 1.807) is 37.0 Å². The Kier molecular flexibility index (Phi) is 8.61. The standard InChI is InChI=1S/C15H19F3N6O.HI/c1-19-14(21-8-13-22-10-23-24(13)2)20-7-11-5-3-4-6-12(11)25-9-15(16,17)18;/h3-6,10H,7-9H2,1-2H3,(H2,19,20,21);1H. The minimum atomic E-state index is -4.38. The van der Waals surface area contributed by atoms with E-state index in [4.69, 9.17) is 4.74 Å². The minimum absolute atomic E-state index is 0. The first-order valence-electron chi connectivity index (χ1n) is 7.44. The fraction of sp³-hybridized carbons (Fsp3) is 0.400. The Morgan fingerprint density at radius 2 is 1.92 bits per heavy atom. The SMILES string of the molecule is CN=C(NCc1ccccc1OCC(F)(F)F)NCc1ncnn1C.I. The summed E-state index contributed by atoms with van der Waals surface area (Å²) in [4.78, 5) is 8.15. The van der Waals surface area contributed by atoms with Gasteiger partial charge in [-0.2, -0.15) is 18.3 Å². The summed E-state index contributed by atoms with van der Waals surface area (Å²) in [7, 11) is 3.37. The van der Waals surface area contributed by atoms with Crippen LogP contribution in [0.1, 0.15) is 11.4 Å². The van der Waals surface area contributed by atoms with E-state index in [1.165, 1.54) is 12.4 Å². The maximum absolute atomic E-state index is 12.3. The van der Waals surface area contributed by atoms with Crippen molar-refractivity contribution in [3.63, 3.8) is 0 Å². The molecule has 1 heterocycles. The van der Waals surface area contributed by atoms with E-state index < -0.39 is 12.8 Å². The van der Waals surface area contributed by atoms with Crippen LogP contribution in [-0.4, -0.2) is 40.6 Å². The molecule has 0 amide bonds. The number of para-hydroxylation sites is 1. The van der Waals surface area contributed by atoms with Crippen molar-refractivity contribution >= 4 is 29.9 Å². The Labute approximate surface area is 166 Å². The molecule has 2 rings (SSSR count). The zero-order chi connectivity index (χ0) is 18.3. The molecule has 0 radical (unpaired) electrons. The van der Waals surface area contributed by atoms with Gasteiger partial charge in [-0.05, 0) is 6.07 Å². The number of hydrogen-bond acceptors (Lipinski definition) is 4. The van der Waals surface area contributed by atoms with Gasteiger partial charge in [-0.3, -0.25) is 9.67 Å². The minimum Gasteiger partial charge on any atom is -0.484 e. The third-order valence-electron chi connectivity index (χ3n) is 3.25. The number of alkyl halides is 3. The number of aryl methyl sites for hydroxylation is 1. The Hall–Kier alpha value is -2.05.